The Morgan fingerprint density at radius 3 is 0.887 bits per heavy atom. The summed E-state index contributed by atoms with van der Waals surface area (Å²) in [6, 6.07) is 61.3. The molecule has 0 fully saturated rings. The molecule has 0 unspecified atom stereocenters. The zero-order valence-corrected chi connectivity index (χ0v) is 31.3. The van der Waals surface area contributed by atoms with Crippen LogP contribution < -0.4 is 9.80 Å². The number of anilines is 6. The van der Waals surface area contributed by atoms with Gasteiger partial charge in [0.05, 0.1) is 0 Å². The highest BCUT2D eigenvalue weighted by molar-refractivity contribution is 5.83. The van der Waals surface area contributed by atoms with Gasteiger partial charge in [-0.15, -0.1) is 0 Å². The van der Waals surface area contributed by atoms with Gasteiger partial charge >= 0.3 is 0 Å². The monoisotopic (exact) mass is 686 g/mol. The minimum absolute atomic E-state index is 1.13. The van der Waals surface area contributed by atoms with Crippen LogP contribution in [0.25, 0.3) is 23.8 Å². The molecular weight excluding hydrogens is 641 g/mol. The molecule has 0 aromatic heterocycles. The first-order chi connectivity index (χ1) is 25.8. The largest absolute Gasteiger partial charge is 0.311 e. The Morgan fingerprint density at radius 2 is 0.566 bits per heavy atom. The molecule has 0 atom stereocenters. The van der Waals surface area contributed by atoms with Gasteiger partial charge in [0.25, 0.3) is 0 Å². The summed E-state index contributed by atoms with van der Waals surface area (Å²) < 4.78 is 0. The van der Waals surface area contributed by atoms with Crippen LogP contribution in [0.4, 0.5) is 34.1 Å². The molecule has 0 aliphatic heterocycles. The fraction of sp³-hybridized carbons (Fsp3) is 0.0980. The minimum atomic E-state index is 1.13. The summed E-state index contributed by atoms with van der Waals surface area (Å²) >= 11 is 0. The molecule has 0 radical (unpaired) electrons. The Morgan fingerprint density at radius 1 is 0.321 bits per heavy atom. The van der Waals surface area contributed by atoms with E-state index in [0.29, 0.717) is 0 Å². The van der Waals surface area contributed by atoms with Gasteiger partial charge in [0.1, 0.15) is 0 Å². The minimum Gasteiger partial charge on any atom is -0.311 e. The second kappa shape index (κ2) is 15.9. The van der Waals surface area contributed by atoms with Gasteiger partial charge < -0.3 is 9.80 Å². The number of benzene rings is 7. The fourth-order valence-electron chi connectivity index (χ4n) is 6.51. The summed E-state index contributed by atoms with van der Waals surface area (Å²) in [4.78, 5) is 4.62. The molecule has 260 valence electrons. The first kappa shape index (κ1) is 35.0. The van der Waals surface area contributed by atoms with Crippen molar-refractivity contribution in [1.82, 2.24) is 0 Å². The summed E-state index contributed by atoms with van der Waals surface area (Å²) in [6.07, 6.45) is 6.62. The van der Waals surface area contributed by atoms with Crippen molar-refractivity contribution in [3.05, 3.63) is 214 Å². The number of hydrogen-bond donors (Lipinski definition) is 0. The van der Waals surface area contributed by atoms with Crippen LogP contribution in [-0.4, -0.2) is 0 Å². The van der Waals surface area contributed by atoms with E-state index in [4.69, 9.17) is 0 Å². The molecule has 0 N–H and O–H groups in total. The van der Waals surface area contributed by atoms with Crippen LogP contribution in [0.1, 0.15) is 51.4 Å². The molecule has 7 rings (SSSR count). The third kappa shape index (κ3) is 8.57. The van der Waals surface area contributed by atoms with Crippen LogP contribution in [0.5, 0.6) is 0 Å². The molecule has 0 spiro atoms. The smallest absolute Gasteiger partial charge is 0.0462 e. The molecule has 0 aliphatic carbocycles. The standard InChI is InChI=1S/C51H46N2/c1-37-6-24-46(25-7-37)52(47-26-8-38(2)9-27-47)50-32-20-43(21-33-50)15-14-42-16-18-44(19-17-42)36-41(5)45-22-34-51(35-23-45)53(48-28-10-39(3)11-29-48)49-30-12-40(4)13-31-49/h6-36H,1-5H3/b15-14+,41-36+. The molecule has 7 aromatic carbocycles. The van der Waals surface area contributed by atoms with Crippen molar-refractivity contribution in [2.75, 3.05) is 9.80 Å². The molecule has 2 heteroatoms. The molecular formula is C51H46N2. The van der Waals surface area contributed by atoms with Gasteiger partial charge in [0.2, 0.25) is 0 Å². The molecule has 0 saturated carbocycles. The van der Waals surface area contributed by atoms with E-state index in [1.54, 1.807) is 0 Å². The average molecular weight is 687 g/mol. The van der Waals surface area contributed by atoms with Crippen molar-refractivity contribution in [2.45, 2.75) is 34.6 Å². The van der Waals surface area contributed by atoms with Gasteiger partial charge in [-0.2, -0.15) is 0 Å². The number of allylic oxidation sites excluding steroid dienone is 1. The maximum absolute atomic E-state index is 2.31. The molecule has 53 heavy (non-hydrogen) atoms. The predicted octanol–water partition coefficient (Wildman–Crippen LogP) is 14.6. The van der Waals surface area contributed by atoms with Gasteiger partial charge in [-0.05, 0) is 135 Å². The zero-order chi connectivity index (χ0) is 36.7. The lowest BCUT2D eigenvalue weighted by atomic mass is 10.0. The van der Waals surface area contributed by atoms with E-state index >= 15 is 0 Å². The van der Waals surface area contributed by atoms with Gasteiger partial charge in [-0.25, -0.2) is 0 Å². The topological polar surface area (TPSA) is 6.48 Å². The van der Waals surface area contributed by atoms with Crippen LogP contribution in [0, 0.1) is 27.7 Å². The number of nitrogens with zero attached hydrogens (tertiary/aromatic N) is 2. The lowest BCUT2D eigenvalue weighted by Crippen LogP contribution is -2.09. The zero-order valence-electron chi connectivity index (χ0n) is 31.3. The first-order valence-electron chi connectivity index (χ1n) is 18.3. The highest BCUT2D eigenvalue weighted by Gasteiger charge is 2.14. The maximum atomic E-state index is 2.31. The molecule has 7 aromatic rings. The quantitative estimate of drug-likeness (QED) is 0.132. The maximum Gasteiger partial charge on any atom is 0.0462 e. The van der Waals surface area contributed by atoms with Gasteiger partial charge in [-0.3, -0.25) is 0 Å². The van der Waals surface area contributed by atoms with Crippen LogP contribution in [0.15, 0.2) is 170 Å². The second-order valence-corrected chi connectivity index (χ2v) is 14.0. The number of hydrogen-bond acceptors (Lipinski definition) is 2. The molecule has 0 heterocycles. The first-order valence-corrected chi connectivity index (χ1v) is 18.3. The highest BCUT2D eigenvalue weighted by Crippen LogP contribution is 2.37. The summed E-state index contributed by atoms with van der Waals surface area (Å²) in [7, 11) is 0. The Kier molecular flexibility index (Phi) is 10.5. The van der Waals surface area contributed by atoms with E-state index < -0.39 is 0 Å². The van der Waals surface area contributed by atoms with E-state index in [9.17, 15) is 0 Å². The Hall–Kier alpha value is -6.38. The Balaban J connectivity index is 1.04. The summed E-state index contributed by atoms with van der Waals surface area (Å²) in [5, 5.41) is 0. The Bertz CT molecular complexity index is 2220. The normalized spacial score (nSPS) is 11.5. The summed E-state index contributed by atoms with van der Waals surface area (Å²) in [6.45, 7) is 10.7. The Labute approximate surface area is 315 Å². The molecule has 0 aliphatic rings. The van der Waals surface area contributed by atoms with Crippen molar-refractivity contribution >= 4 is 57.9 Å². The lowest BCUT2D eigenvalue weighted by Gasteiger charge is -2.26. The van der Waals surface area contributed by atoms with Crippen molar-refractivity contribution < 1.29 is 0 Å². The third-order valence-electron chi connectivity index (χ3n) is 9.69. The van der Waals surface area contributed by atoms with Crippen LogP contribution >= 0.6 is 0 Å². The van der Waals surface area contributed by atoms with Gasteiger partial charge in [0, 0.05) is 34.1 Å². The van der Waals surface area contributed by atoms with E-state index in [1.165, 1.54) is 44.5 Å². The summed E-state index contributed by atoms with van der Waals surface area (Å²) in [5.41, 5.74) is 17.8. The van der Waals surface area contributed by atoms with E-state index in [0.717, 1.165) is 39.7 Å². The van der Waals surface area contributed by atoms with Crippen molar-refractivity contribution in [2.24, 2.45) is 0 Å². The predicted molar refractivity (Wildman–Crippen MR) is 230 cm³/mol. The lowest BCUT2D eigenvalue weighted by molar-refractivity contribution is 1.27. The van der Waals surface area contributed by atoms with Crippen LogP contribution in [-0.2, 0) is 0 Å². The second-order valence-electron chi connectivity index (χ2n) is 14.0. The highest BCUT2D eigenvalue weighted by atomic mass is 15.1. The van der Waals surface area contributed by atoms with Crippen molar-refractivity contribution in [3.8, 4) is 0 Å². The summed E-state index contributed by atoms with van der Waals surface area (Å²) in [5.74, 6) is 0. The number of rotatable bonds is 10. The molecule has 0 amide bonds. The van der Waals surface area contributed by atoms with E-state index in [2.05, 4.69) is 233 Å². The van der Waals surface area contributed by atoms with Crippen molar-refractivity contribution in [3.63, 3.8) is 0 Å². The van der Waals surface area contributed by atoms with E-state index in [-0.39, 0.29) is 0 Å². The van der Waals surface area contributed by atoms with Gasteiger partial charge in [-0.1, -0.05) is 138 Å². The fourth-order valence-corrected chi connectivity index (χ4v) is 6.51. The van der Waals surface area contributed by atoms with Crippen LogP contribution in [0.3, 0.4) is 0 Å². The average Bonchev–Trinajstić information content (AvgIpc) is 3.18. The number of aryl methyl sites for hydroxylation is 4. The SMILES string of the molecule is C/C(=C\c1ccc(/C=C/c2ccc(N(c3ccc(C)cc3)c3ccc(C)cc3)cc2)cc1)c1ccc(N(c2ccc(C)cc2)c2ccc(C)cc2)cc1. The molecule has 0 bridgehead atoms. The van der Waals surface area contributed by atoms with E-state index in [1.807, 2.05) is 0 Å². The third-order valence-corrected chi connectivity index (χ3v) is 9.69. The molecule has 0 saturated heterocycles. The molecule has 2 nitrogen and oxygen atoms in total. The van der Waals surface area contributed by atoms with Crippen LogP contribution in [0.2, 0.25) is 0 Å². The van der Waals surface area contributed by atoms with Crippen molar-refractivity contribution in [1.29, 1.82) is 0 Å². The van der Waals surface area contributed by atoms with Gasteiger partial charge in [0.15, 0.2) is 0 Å².